The molecule has 3 aromatic heterocycles. The molecule has 0 aromatic carbocycles. The smallest absolute Gasteiger partial charge is 0.226 e. The Morgan fingerprint density at radius 1 is 1.14 bits per heavy atom. The lowest BCUT2D eigenvalue weighted by molar-refractivity contribution is -0.148. The summed E-state index contributed by atoms with van der Waals surface area (Å²) in [6.07, 6.45) is 10.4. The highest BCUT2D eigenvalue weighted by Gasteiger charge is 2.51. The number of nitrogens with zero attached hydrogens (tertiary/aromatic N) is 7. The number of anilines is 1. The average molecular weight is 570 g/mol. The number of piperazine rings is 1. The third-order valence-electron chi connectivity index (χ3n) is 9.89. The number of fused-ring (bicyclic) bond motifs is 5. The molecule has 6 aliphatic rings. The minimum absolute atomic E-state index is 0.0803. The van der Waals surface area contributed by atoms with Crippen molar-refractivity contribution in [1.29, 1.82) is 5.26 Å². The molecule has 1 amide bonds. The number of morpholine rings is 1. The van der Waals surface area contributed by atoms with Crippen LogP contribution in [0.1, 0.15) is 44.1 Å². The van der Waals surface area contributed by atoms with E-state index in [0.29, 0.717) is 30.0 Å². The SMILES string of the molecule is N#Cc1cnn2cc(OCCN3C4CCC3COC4)cc(-c3ccc(N4CC5CC(C4)N5C(=O)CC4(O)CC4)nc3)c12. The first-order chi connectivity index (χ1) is 20.5. The maximum Gasteiger partial charge on any atom is 0.226 e. The van der Waals surface area contributed by atoms with Gasteiger partial charge in [0.2, 0.25) is 5.91 Å². The zero-order valence-electron chi connectivity index (χ0n) is 23.6. The molecule has 11 nitrogen and oxygen atoms in total. The highest BCUT2D eigenvalue weighted by Crippen LogP contribution is 2.42. The Kier molecular flexibility index (Phi) is 6.14. The number of hydrogen-bond donors (Lipinski definition) is 1. The van der Waals surface area contributed by atoms with E-state index >= 15 is 0 Å². The van der Waals surface area contributed by atoms with Crippen molar-refractivity contribution in [1.82, 2.24) is 24.4 Å². The quantitative estimate of drug-likeness (QED) is 0.436. The normalized spacial score (nSPS) is 27.5. The molecule has 8 heterocycles. The van der Waals surface area contributed by atoms with E-state index < -0.39 is 5.60 Å². The number of aliphatic hydroxyl groups is 1. The van der Waals surface area contributed by atoms with Crippen LogP contribution in [0.2, 0.25) is 0 Å². The Bertz CT molecular complexity index is 1530. The standard InChI is InChI=1S/C31H35N7O4/c32-12-21-14-34-37-17-26(42-8-7-36-22-2-3-23(36)19-41-18-22)10-27(30(21)37)20-1-4-28(33-13-20)35-15-24-9-25(16-35)38(24)29(39)11-31(40)5-6-31/h1,4,10,13-14,17,22-25,40H,2-3,5-9,11,15-16,18-19H2. The van der Waals surface area contributed by atoms with E-state index in [1.165, 1.54) is 12.8 Å². The minimum atomic E-state index is -0.755. The zero-order chi connectivity index (χ0) is 28.4. The molecule has 1 aliphatic carbocycles. The number of rotatable bonds is 8. The van der Waals surface area contributed by atoms with E-state index in [0.717, 1.165) is 74.6 Å². The second-order valence-electron chi connectivity index (χ2n) is 12.6. The van der Waals surface area contributed by atoms with Gasteiger partial charge in [0.1, 0.15) is 24.2 Å². The van der Waals surface area contributed by atoms with Crippen molar-refractivity contribution in [3.63, 3.8) is 0 Å². The van der Waals surface area contributed by atoms with Gasteiger partial charge < -0.3 is 24.4 Å². The number of carbonyl (C=O) groups excluding carboxylic acids is 1. The lowest BCUT2D eigenvalue weighted by atomic mass is 9.86. The number of pyridine rings is 2. The second kappa shape index (κ2) is 9.93. The molecule has 6 fully saturated rings. The zero-order valence-corrected chi connectivity index (χ0v) is 23.6. The predicted octanol–water partition coefficient (Wildman–Crippen LogP) is 2.21. The van der Waals surface area contributed by atoms with Gasteiger partial charge in [-0.25, -0.2) is 9.50 Å². The summed E-state index contributed by atoms with van der Waals surface area (Å²) < 4.78 is 13.7. The third kappa shape index (κ3) is 4.49. The van der Waals surface area contributed by atoms with Gasteiger partial charge in [-0.15, -0.1) is 0 Å². The van der Waals surface area contributed by atoms with Crippen LogP contribution in [0.4, 0.5) is 5.82 Å². The summed E-state index contributed by atoms with van der Waals surface area (Å²) in [6, 6.07) is 9.62. The number of piperidine rings is 1. The number of ether oxygens (including phenoxy) is 2. The van der Waals surface area contributed by atoms with Gasteiger partial charge in [-0.05, 0) is 50.3 Å². The van der Waals surface area contributed by atoms with Gasteiger partial charge in [-0.2, -0.15) is 10.4 Å². The molecular weight excluding hydrogens is 534 g/mol. The van der Waals surface area contributed by atoms with Crippen molar-refractivity contribution in [2.45, 2.75) is 68.3 Å². The van der Waals surface area contributed by atoms with E-state index in [-0.39, 0.29) is 24.4 Å². The van der Waals surface area contributed by atoms with E-state index in [4.69, 9.17) is 14.5 Å². The Balaban J connectivity index is 0.980. The number of amides is 1. The maximum atomic E-state index is 12.8. The summed E-state index contributed by atoms with van der Waals surface area (Å²) in [5.74, 6) is 1.65. The number of aromatic nitrogens is 3. The molecule has 4 unspecified atom stereocenters. The first-order valence-electron chi connectivity index (χ1n) is 15.1. The van der Waals surface area contributed by atoms with E-state index in [1.54, 1.807) is 10.7 Å². The van der Waals surface area contributed by atoms with Crippen molar-refractivity contribution >= 4 is 17.2 Å². The fourth-order valence-electron chi connectivity index (χ4n) is 7.45. The summed E-state index contributed by atoms with van der Waals surface area (Å²) in [4.78, 5) is 24.3. The van der Waals surface area contributed by atoms with Gasteiger partial charge in [-0.1, -0.05) is 0 Å². The van der Waals surface area contributed by atoms with Crippen molar-refractivity contribution < 1.29 is 19.4 Å². The van der Waals surface area contributed by atoms with Crippen LogP contribution in [-0.2, 0) is 9.53 Å². The van der Waals surface area contributed by atoms with Crippen molar-refractivity contribution in [2.75, 3.05) is 44.4 Å². The number of nitriles is 1. The summed E-state index contributed by atoms with van der Waals surface area (Å²) in [7, 11) is 0. The first-order valence-corrected chi connectivity index (χ1v) is 15.1. The average Bonchev–Trinajstić information content (AvgIpc) is 3.50. The number of carbonyl (C=O) groups is 1. The molecule has 5 aliphatic heterocycles. The number of hydrogen-bond acceptors (Lipinski definition) is 9. The van der Waals surface area contributed by atoms with Crippen LogP contribution in [0, 0.1) is 11.3 Å². The van der Waals surface area contributed by atoms with Crippen LogP contribution in [0.3, 0.4) is 0 Å². The monoisotopic (exact) mass is 569 g/mol. The van der Waals surface area contributed by atoms with Crippen LogP contribution in [-0.4, -0.2) is 105 Å². The van der Waals surface area contributed by atoms with Gasteiger partial charge >= 0.3 is 0 Å². The first kappa shape index (κ1) is 25.9. The maximum absolute atomic E-state index is 12.8. The molecule has 0 spiro atoms. The van der Waals surface area contributed by atoms with E-state index in [9.17, 15) is 15.2 Å². The van der Waals surface area contributed by atoms with Crippen molar-refractivity contribution in [3.05, 3.63) is 42.4 Å². The molecular formula is C31H35N7O4. The van der Waals surface area contributed by atoms with Gasteiger partial charge in [0.25, 0.3) is 0 Å². The molecule has 4 atom stereocenters. The van der Waals surface area contributed by atoms with Crippen LogP contribution in [0.5, 0.6) is 5.75 Å². The molecule has 42 heavy (non-hydrogen) atoms. The molecule has 0 radical (unpaired) electrons. The summed E-state index contributed by atoms with van der Waals surface area (Å²) >= 11 is 0. The lowest BCUT2D eigenvalue weighted by Gasteiger charge is -2.56. The fraction of sp³-hybridized carbons (Fsp3) is 0.548. The highest BCUT2D eigenvalue weighted by atomic mass is 16.5. The van der Waals surface area contributed by atoms with Crippen LogP contribution < -0.4 is 9.64 Å². The Morgan fingerprint density at radius 2 is 1.93 bits per heavy atom. The molecule has 3 aromatic rings. The summed E-state index contributed by atoms with van der Waals surface area (Å²) in [6.45, 7) is 4.52. The largest absolute Gasteiger partial charge is 0.491 e. The highest BCUT2D eigenvalue weighted by molar-refractivity contribution is 5.85. The summed E-state index contributed by atoms with van der Waals surface area (Å²) in [5, 5.41) is 24.4. The van der Waals surface area contributed by atoms with Gasteiger partial charge in [0, 0.05) is 49.0 Å². The molecule has 5 saturated heterocycles. The fourth-order valence-corrected chi connectivity index (χ4v) is 7.45. The van der Waals surface area contributed by atoms with E-state index in [1.807, 2.05) is 35.5 Å². The second-order valence-corrected chi connectivity index (χ2v) is 12.6. The Morgan fingerprint density at radius 3 is 2.62 bits per heavy atom. The van der Waals surface area contributed by atoms with Crippen LogP contribution in [0.15, 0.2) is 36.8 Å². The lowest BCUT2D eigenvalue weighted by Crippen LogP contribution is -2.70. The Hall–Kier alpha value is -3.72. The van der Waals surface area contributed by atoms with Crippen LogP contribution >= 0.6 is 0 Å². The molecule has 4 bridgehead atoms. The Labute approximate surface area is 244 Å². The molecule has 1 N–H and O–H groups in total. The molecule has 11 heteroatoms. The van der Waals surface area contributed by atoms with Crippen molar-refractivity contribution in [2.24, 2.45) is 0 Å². The van der Waals surface area contributed by atoms with Crippen LogP contribution in [0.25, 0.3) is 16.6 Å². The van der Waals surface area contributed by atoms with Crippen molar-refractivity contribution in [3.8, 4) is 22.9 Å². The van der Waals surface area contributed by atoms with Gasteiger partial charge in [0.15, 0.2) is 0 Å². The molecule has 218 valence electrons. The minimum Gasteiger partial charge on any atom is -0.491 e. The summed E-state index contributed by atoms with van der Waals surface area (Å²) in [5.41, 5.74) is 2.21. The van der Waals surface area contributed by atoms with Gasteiger partial charge in [-0.3, -0.25) is 9.69 Å². The van der Waals surface area contributed by atoms with E-state index in [2.05, 4.69) is 21.0 Å². The predicted molar refractivity (Wildman–Crippen MR) is 153 cm³/mol. The van der Waals surface area contributed by atoms with Gasteiger partial charge in [0.05, 0.1) is 60.8 Å². The third-order valence-corrected chi connectivity index (χ3v) is 9.89. The molecule has 9 rings (SSSR count). The molecule has 1 saturated carbocycles. The topological polar surface area (TPSA) is 119 Å².